The number of aromatic amines is 1. The van der Waals surface area contributed by atoms with Crippen LogP contribution in [0, 0.1) is 0 Å². The van der Waals surface area contributed by atoms with E-state index in [1.54, 1.807) is 12.4 Å². The van der Waals surface area contributed by atoms with Crippen molar-refractivity contribution in [2.24, 2.45) is 0 Å². The number of H-pyrrole nitrogens is 1. The Bertz CT molecular complexity index is 419. The zero-order chi connectivity index (χ0) is 8.39. The van der Waals surface area contributed by atoms with Crippen molar-refractivity contribution in [1.82, 2.24) is 15.2 Å². The molecule has 0 spiro atoms. The summed E-state index contributed by atoms with van der Waals surface area (Å²) in [4.78, 5) is 14.5. The lowest BCUT2D eigenvalue weighted by Gasteiger charge is -1.90. The van der Waals surface area contributed by atoms with Gasteiger partial charge in [-0.25, -0.2) is 5.10 Å². The highest BCUT2D eigenvalue weighted by Gasteiger charge is 2.00. The van der Waals surface area contributed by atoms with Gasteiger partial charge in [-0.2, -0.15) is 5.10 Å². The molecule has 0 unspecified atom stereocenters. The highest BCUT2D eigenvalue weighted by Crippen LogP contribution is 2.15. The molecule has 0 aliphatic rings. The Morgan fingerprint density at radius 3 is 2.67 bits per heavy atom. The lowest BCUT2D eigenvalue weighted by molar-refractivity contribution is 1.06. The average Bonchev–Trinajstić information content (AvgIpc) is 2.54. The van der Waals surface area contributed by atoms with Crippen molar-refractivity contribution in [2.75, 3.05) is 0 Å². The van der Waals surface area contributed by atoms with E-state index in [2.05, 4.69) is 15.2 Å². The fourth-order valence-electron chi connectivity index (χ4n) is 0.848. The number of pyridine rings is 1. The van der Waals surface area contributed by atoms with Gasteiger partial charge in [-0.1, -0.05) is 11.3 Å². The second-order valence-corrected chi connectivity index (χ2v) is 3.12. The lowest BCUT2D eigenvalue weighted by atomic mass is 10.3. The highest BCUT2D eigenvalue weighted by molar-refractivity contribution is 7.12. The van der Waals surface area contributed by atoms with Crippen LogP contribution < -0.4 is 4.87 Å². The van der Waals surface area contributed by atoms with Crippen LogP contribution in [0.4, 0.5) is 0 Å². The first-order chi connectivity index (χ1) is 5.86. The van der Waals surface area contributed by atoms with Crippen LogP contribution in [-0.2, 0) is 0 Å². The van der Waals surface area contributed by atoms with Crippen LogP contribution in [0.2, 0.25) is 0 Å². The molecule has 2 aromatic rings. The zero-order valence-electron chi connectivity index (χ0n) is 6.02. The first-order valence-electron chi connectivity index (χ1n) is 3.32. The summed E-state index contributed by atoms with van der Waals surface area (Å²) in [6.07, 6.45) is 3.34. The number of hydrogen-bond acceptors (Lipinski definition) is 4. The van der Waals surface area contributed by atoms with Crippen LogP contribution in [0.3, 0.4) is 0 Å². The summed E-state index contributed by atoms with van der Waals surface area (Å²) in [6.45, 7) is 0. The summed E-state index contributed by atoms with van der Waals surface area (Å²) in [5.74, 6) is 0. The van der Waals surface area contributed by atoms with Crippen molar-refractivity contribution in [3.8, 4) is 10.6 Å². The Morgan fingerprint density at radius 1 is 1.33 bits per heavy atom. The van der Waals surface area contributed by atoms with Gasteiger partial charge in [0.25, 0.3) is 0 Å². The standard InChI is InChI=1S/C7H5N3OS/c11-7-10-9-6(12-7)5-1-3-8-4-2-5/h1-4H,(H,10,11). The number of aromatic nitrogens is 3. The SMILES string of the molecule is O=c1[nH]nc(-c2ccncc2)s1. The summed E-state index contributed by atoms with van der Waals surface area (Å²) in [7, 11) is 0. The van der Waals surface area contributed by atoms with Crippen LogP contribution in [0.25, 0.3) is 10.6 Å². The van der Waals surface area contributed by atoms with Gasteiger partial charge in [0.05, 0.1) is 0 Å². The quantitative estimate of drug-likeness (QED) is 0.707. The molecule has 12 heavy (non-hydrogen) atoms. The Balaban J connectivity index is 2.51. The molecule has 0 aliphatic carbocycles. The number of nitrogens with zero attached hydrogens (tertiary/aromatic N) is 2. The van der Waals surface area contributed by atoms with Gasteiger partial charge in [0, 0.05) is 18.0 Å². The van der Waals surface area contributed by atoms with Gasteiger partial charge < -0.3 is 0 Å². The Labute approximate surface area is 71.9 Å². The number of rotatable bonds is 1. The lowest BCUT2D eigenvalue weighted by Crippen LogP contribution is -1.90. The van der Waals surface area contributed by atoms with E-state index in [1.165, 1.54) is 0 Å². The molecule has 0 radical (unpaired) electrons. The van der Waals surface area contributed by atoms with Crippen LogP contribution in [0.15, 0.2) is 29.3 Å². The molecule has 0 fully saturated rings. The monoisotopic (exact) mass is 179 g/mol. The molecule has 0 amide bonds. The van der Waals surface area contributed by atoms with Gasteiger partial charge in [0.1, 0.15) is 5.01 Å². The van der Waals surface area contributed by atoms with E-state index in [0.29, 0.717) is 5.01 Å². The minimum absolute atomic E-state index is 0.137. The van der Waals surface area contributed by atoms with Crippen LogP contribution in [-0.4, -0.2) is 15.2 Å². The van der Waals surface area contributed by atoms with Gasteiger partial charge in [0.15, 0.2) is 0 Å². The third kappa shape index (κ3) is 1.26. The summed E-state index contributed by atoms with van der Waals surface area (Å²) in [6, 6.07) is 3.62. The van der Waals surface area contributed by atoms with Gasteiger partial charge >= 0.3 is 4.87 Å². The molecule has 2 rings (SSSR count). The zero-order valence-corrected chi connectivity index (χ0v) is 6.84. The van der Waals surface area contributed by atoms with E-state index < -0.39 is 0 Å². The second kappa shape index (κ2) is 2.86. The first kappa shape index (κ1) is 7.17. The van der Waals surface area contributed by atoms with Crippen molar-refractivity contribution in [2.45, 2.75) is 0 Å². The van der Waals surface area contributed by atoms with Crippen molar-refractivity contribution in [3.63, 3.8) is 0 Å². The maximum absolute atomic E-state index is 10.7. The van der Waals surface area contributed by atoms with Crippen molar-refractivity contribution in [1.29, 1.82) is 0 Å². The maximum Gasteiger partial charge on any atom is 0.322 e. The number of nitrogens with one attached hydrogen (secondary N) is 1. The summed E-state index contributed by atoms with van der Waals surface area (Å²) in [5, 5.41) is 6.90. The topological polar surface area (TPSA) is 58.6 Å². The molecule has 0 saturated carbocycles. The first-order valence-corrected chi connectivity index (χ1v) is 4.14. The summed E-state index contributed by atoms with van der Waals surface area (Å²) >= 11 is 1.09. The Kier molecular flexibility index (Phi) is 1.71. The van der Waals surface area contributed by atoms with E-state index in [4.69, 9.17) is 0 Å². The van der Waals surface area contributed by atoms with E-state index in [1.807, 2.05) is 12.1 Å². The van der Waals surface area contributed by atoms with Crippen LogP contribution in [0.5, 0.6) is 0 Å². The van der Waals surface area contributed by atoms with Crippen LogP contribution >= 0.6 is 11.3 Å². The van der Waals surface area contributed by atoms with Crippen LogP contribution in [0.1, 0.15) is 0 Å². The minimum Gasteiger partial charge on any atom is -0.265 e. The van der Waals surface area contributed by atoms with E-state index >= 15 is 0 Å². The molecular formula is C7H5N3OS. The van der Waals surface area contributed by atoms with E-state index in [9.17, 15) is 4.79 Å². The third-order valence-electron chi connectivity index (χ3n) is 1.37. The van der Waals surface area contributed by atoms with E-state index in [-0.39, 0.29) is 4.87 Å². The second-order valence-electron chi connectivity index (χ2n) is 2.15. The molecule has 1 N–H and O–H groups in total. The largest absolute Gasteiger partial charge is 0.322 e. The van der Waals surface area contributed by atoms with Gasteiger partial charge in [-0.3, -0.25) is 9.78 Å². The van der Waals surface area contributed by atoms with Gasteiger partial charge in [-0.05, 0) is 12.1 Å². The predicted octanol–water partition coefficient (Wildman–Crippen LogP) is 0.893. The normalized spacial score (nSPS) is 10.0. The molecule has 2 aromatic heterocycles. The van der Waals surface area contributed by atoms with Crippen molar-refractivity contribution in [3.05, 3.63) is 34.2 Å². The highest BCUT2D eigenvalue weighted by atomic mass is 32.1. The molecule has 60 valence electrons. The summed E-state index contributed by atoms with van der Waals surface area (Å²) < 4.78 is 0. The predicted molar refractivity (Wildman–Crippen MR) is 46.0 cm³/mol. The molecule has 0 bridgehead atoms. The molecule has 5 heteroatoms. The smallest absolute Gasteiger partial charge is 0.265 e. The number of hydrogen-bond donors (Lipinski definition) is 1. The third-order valence-corrected chi connectivity index (χ3v) is 2.16. The molecule has 0 saturated heterocycles. The van der Waals surface area contributed by atoms with Crippen molar-refractivity contribution >= 4 is 11.3 Å². The fraction of sp³-hybridized carbons (Fsp3) is 0. The summed E-state index contributed by atoms with van der Waals surface area (Å²) in [5.41, 5.74) is 0.911. The van der Waals surface area contributed by atoms with Crippen molar-refractivity contribution < 1.29 is 0 Å². The van der Waals surface area contributed by atoms with E-state index in [0.717, 1.165) is 16.9 Å². The molecule has 0 aliphatic heterocycles. The van der Waals surface area contributed by atoms with Gasteiger partial charge in [-0.15, -0.1) is 0 Å². The minimum atomic E-state index is -0.137. The Morgan fingerprint density at radius 2 is 2.08 bits per heavy atom. The molecule has 2 heterocycles. The molecule has 0 aromatic carbocycles. The molecule has 4 nitrogen and oxygen atoms in total. The molecule has 0 atom stereocenters. The van der Waals surface area contributed by atoms with Gasteiger partial charge in [0.2, 0.25) is 0 Å². The fourth-order valence-corrected chi connectivity index (χ4v) is 1.46. The molecular weight excluding hydrogens is 174 g/mol. The average molecular weight is 179 g/mol. The Hall–Kier alpha value is -1.49. The maximum atomic E-state index is 10.7.